The molecule has 1 aromatic rings. The summed E-state index contributed by atoms with van der Waals surface area (Å²) in [6.07, 6.45) is 4.09. The lowest BCUT2D eigenvalue weighted by molar-refractivity contribution is 0.257. The molecule has 1 saturated carbocycles. The number of hydrogen-bond donors (Lipinski definition) is 1. The number of nitrogens with two attached hydrogens (primary N) is 1. The second-order valence-corrected chi connectivity index (χ2v) is 6.12. The maximum atomic E-state index is 5.39. The highest BCUT2D eigenvalue weighted by molar-refractivity contribution is 7.12. The molecular formula is C15H22N2S. The lowest BCUT2D eigenvalue weighted by atomic mass is 10.3. The van der Waals surface area contributed by atoms with Crippen molar-refractivity contribution < 1.29 is 0 Å². The average molecular weight is 262 g/mol. The predicted molar refractivity (Wildman–Crippen MR) is 78.5 cm³/mol. The van der Waals surface area contributed by atoms with Gasteiger partial charge in [-0.05, 0) is 43.9 Å². The van der Waals surface area contributed by atoms with Gasteiger partial charge in [-0.1, -0.05) is 18.8 Å². The highest BCUT2D eigenvalue weighted by Crippen LogP contribution is 2.30. The van der Waals surface area contributed by atoms with E-state index in [1.54, 1.807) is 11.3 Å². The summed E-state index contributed by atoms with van der Waals surface area (Å²) >= 11 is 1.80. The molecular weight excluding hydrogens is 240 g/mol. The third-order valence-electron chi connectivity index (χ3n) is 3.11. The fourth-order valence-electron chi connectivity index (χ4n) is 2.11. The van der Waals surface area contributed by atoms with E-state index in [9.17, 15) is 0 Å². The van der Waals surface area contributed by atoms with Crippen LogP contribution in [-0.2, 0) is 6.54 Å². The summed E-state index contributed by atoms with van der Waals surface area (Å²) in [4.78, 5) is 5.15. The topological polar surface area (TPSA) is 29.3 Å². The number of hydrogen-bond acceptors (Lipinski definition) is 3. The van der Waals surface area contributed by atoms with Gasteiger partial charge < -0.3 is 5.73 Å². The van der Waals surface area contributed by atoms with Crippen LogP contribution in [0.2, 0.25) is 0 Å². The SMILES string of the molecule is CCCN(Cc1ccc(C#CCN)s1)CC1CC1. The molecule has 1 aromatic heterocycles. The summed E-state index contributed by atoms with van der Waals surface area (Å²) in [5.41, 5.74) is 5.39. The minimum atomic E-state index is 0.441. The van der Waals surface area contributed by atoms with Crippen LogP contribution in [-0.4, -0.2) is 24.5 Å². The first kappa shape index (κ1) is 13.6. The molecule has 3 heteroatoms. The fourth-order valence-corrected chi connectivity index (χ4v) is 3.03. The Kier molecular flexibility index (Phi) is 5.25. The van der Waals surface area contributed by atoms with E-state index in [0.29, 0.717) is 6.54 Å². The van der Waals surface area contributed by atoms with E-state index in [2.05, 4.69) is 35.8 Å². The van der Waals surface area contributed by atoms with Crippen LogP contribution in [0, 0.1) is 17.8 Å². The van der Waals surface area contributed by atoms with Gasteiger partial charge in [0.1, 0.15) is 0 Å². The molecule has 1 heterocycles. The van der Waals surface area contributed by atoms with Gasteiger partial charge in [0.05, 0.1) is 11.4 Å². The van der Waals surface area contributed by atoms with E-state index in [1.165, 1.54) is 37.2 Å². The molecule has 2 nitrogen and oxygen atoms in total. The predicted octanol–water partition coefficient (Wildman–Crippen LogP) is 2.68. The Bertz CT molecular complexity index is 423. The van der Waals surface area contributed by atoms with Crippen LogP contribution in [0.5, 0.6) is 0 Å². The normalized spacial score (nSPS) is 14.6. The van der Waals surface area contributed by atoms with Crippen molar-refractivity contribution in [1.29, 1.82) is 0 Å². The zero-order chi connectivity index (χ0) is 12.8. The van der Waals surface area contributed by atoms with Gasteiger partial charge in [-0.25, -0.2) is 0 Å². The molecule has 1 aliphatic carbocycles. The minimum Gasteiger partial charge on any atom is -0.320 e. The van der Waals surface area contributed by atoms with Gasteiger partial charge in [0.25, 0.3) is 0 Å². The van der Waals surface area contributed by atoms with Crippen LogP contribution in [0.4, 0.5) is 0 Å². The van der Waals surface area contributed by atoms with Crippen LogP contribution in [0.15, 0.2) is 12.1 Å². The Morgan fingerprint density at radius 3 is 2.94 bits per heavy atom. The van der Waals surface area contributed by atoms with Crippen molar-refractivity contribution >= 4 is 11.3 Å². The molecule has 2 rings (SSSR count). The Labute approximate surface area is 114 Å². The zero-order valence-corrected chi connectivity index (χ0v) is 11.9. The Hall–Kier alpha value is -0.820. The summed E-state index contributed by atoms with van der Waals surface area (Å²) in [6, 6.07) is 4.32. The molecule has 18 heavy (non-hydrogen) atoms. The summed E-state index contributed by atoms with van der Waals surface area (Å²) in [7, 11) is 0. The minimum absolute atomic E-state index is 0.441. The van der Waals surface area contributed by atoms with Gasteiger partial charge in [0, 0.05) is 18.0 Å². The van der Waals surface area contributed by atoms with Crippen LogP contribution < -0.4 is 5.73 Å². The molecule has 0 bridgehead atoms. The third-order valence-corrected chi connectivity index (χ3v) is 4.09. The second-order valence-electron chi connectivity index (χ2n) is 4.95. The Morgan fingerprint density at radius 2 is 2.28 bits per heavy atom. The van der Waals surface area contributed by atoms with E-state index in [1.807, 2.05) is 0 Å². The standard InChI is InChI=1S/C15H22N2S/c1-2-10-17(11-13-5-6-13)12-15-8-7-14(18-15)4-3-9-16/h7-8,13H,2,5-6,9-12,16H2,1H3. The molecule has 98 valence electrons. The molecule has 0 radical (unpaired) electrons. The molecule has 1 fully saturated rings. The molecule has 0 aliphatic heterocycles. The summed E-state index contributed by atoms with van der Waals surface area (Å²) in [5.74, 6) is 6.99. The highest BCUT2D eigenvalue weighted by atomic mass is 32.1. The zero-order valence-electron chi connectivity index (χ0n) is 11.1. The van der Waals surface area contributed by atoms with Crippen LogP contribution in [0.3, 0.4) is 0 Å². The van der Waals surface area contributed by atoms with Crippen molar-refractivity contribution in [2.75, 3.05) is 19.6 Å². The van der Waals surface area contributed by atoms with Crippen LogP contribution >= 0.6 is 11.3 Å². The number of thiophene rings is 1. The van der Waals surface area contributed by atoms with Crippen LogP contribution in [0.25, 0.3) is 0 Å². The van der Waals surface area contributed by atoms with Crippen molar-refractivity contribution in [3.8, 4) is 11.8 Å². The Morgan fingerprint density at radius 1 is 1.44 bits per heavy atom. The van der Waals surface area contributed by atoms with Crippen molar-refractivity contribution in [3.63, 3.8) is 0 Å². The molecule has 0 atom stereocenters. The van der Waals surface area contributed by atoms with Gasteiger partial charge in [0.15, 0.2) is 0 Å². The lowest BCUT2D eigenvalue weighted by Gasteiger charge is -2.20. The molecule has 2 N–H and O–H groups in total. The second kappa shape index (κ2) is 6.94. The third kappa shape index (κ3) is 4.45. The molecule has 0 spiro atoms. The molecule has 0 unspecified atom stereocenters. The van der Waals surface area contributed by atoms with E-state index >= 15 is 0 Å². The number of nitrogens with zero attached hydrogens (tertiary/aromatic N) is 1. The maximum Gasteiger partial charge on any atom is 0.0772 e. The monoisotopic (exact) mass is 262 g/mol. The maximum absolute atomic E-state index is 5.39. The molecule has 0 amide bonds. The van der Waals surface area contributed by atoms with Crippen LogP contribution in [0.1, 0.15) is 35.9 Å². The smallest absolute Gasteiger partial charge is 0.0772 e. The molecule has 1 aliphatic rings. The lowest BCUT2D eigenvalue weighted by Crippen LogP contribution is -2.25. The Balaban J connectivity index is 1.90. The average Bonchev–Trinajstić information content (AvgIpc) is 3.05. The van der Waals surface area contributed by atoms with Crippen molar-refractivity contribution in [2.24, 2.45) is 11.7 Å². The van der Waals surface area contributed by atoms with Crippen molar-refractivity contribution in [3.05, 3.63) is 21.9 Å². The summed E-state index contributed by atoms with van der Waals surface area (Å²) in [5, 5.41) is 0. The number of rotatable bonds is 6. The van der Waals surface area contributed by atoms with Crippen molar-refractivity contribution in [2.45, 2.75) is 32.7 Å². The fraction of sp³-hybridized carbons (Fsp3) is 0.600. The van der Waals surface area contributed by atoms with Crippen molar-refractivity contribution in [1.82, 2.24) is 4.90 Å². The van der Waals surface area contributed by atoms with E-state index < -0.39 is 0 Å². The first-order valence-electron chi connectivity index (χ1n) is 6.81. The first-order valence-corrected chi connectivity index (χ1v) is 7.63. The molecule has 0 saturated heterocycles. The van der Waals surface area contributed by atoms with E-state index in [-0.39, 0.29) is 0 Å². The summed E-state index contributed by atoms with van der Waals surface area (Å²) in [6.45, 7) is 6.26. The van der Waals surface area contributed by atoms with E-state index in [0.717, 1.165) is 17.3 Å². The van der Waals surface area contributed by atoms with Gasteiger partial charge in [-0.3, -0.25) is 4.90 Å². The van der Waals surface area contributed by atoms with Gasteiger partial charge in [-0.2, -0.15) is 0 Å². The van der Waals surface area contributed by atoms with E-state index in [4.69, 9.17) is 5.73 Å². The molecule has 0 aromatic carbocycles. The summed E-state index contributed by atoms with van der Waals surface area (Å²) < 4.78 is 0. The largest absolute Gasteiger partial charge is 0.320 e. The highest BCUT2D eigenvalue weighted by Gasteiger charge is 2.24. The first-order chi connectivity index (χ1) is 8.81. The van der Waals surface area contributed by atoms with Gasteiger partial charge in [0.2, 0.25) is 0 Å². The quantitative estimate of drug-likeness (QED) is 0.799. The van der Waals surface area contributed by atoms with Gasteiger partial charge >= 0.3 is 0 Å². The van der Waals surface area contributed by atoms with Gasteiger partial charge in [-0.15, -0.1) is 11.3 Å².